The summed E-state index contributed by atoms with van der Waals surface area (Å²) >= 11 is 0. The van der Waals surface area contributed by atoms with E-state index in [1.807, 2.05) is 0 Å². The molecule has 1 aromatic heterocycles. The molecule has 4 rings (SSSR count). The molecule has 4 aromatic rings. The molecule has 0 aliphatic rings. The van der Waals surface area contributed by atoms with Crippen LogP contribution >= 0.6 is 0 Å². The van der Waals surface area contributed by atoms with Crippen molar-refractivity contribution in [3.63, 3.8) is 0 Å². The maximum atomic E-state index is 13.3. The topological polar surface area (TPSA) is 66.0 Å². The Labute approximate surface area is 197 Å². The second-order valence-corrected chi connectivity index (χ2v) is 7.78. The molecule has 0 saturated heterocycles. The van der Waals surface area contributed by atoms with E-state index in [0.29, 0.717) is 38.0 Å². The van der Waals surface area contributed by atoms with Gasteiger partial charge in [-0.25, -0.2) is 28.1 Å². The van der Waals surface area contributed by atoms with Crippen molar-refractivity contribution < 1.29 is 26.3 Å². The second kappa shape index (κ2) is 8.70. The van der Waals surface area contributed by atoms with Crippen molar-refractivity contribution in [1.29, 1.82) is 0 Å². The fourth-order valence-corrected chi connectivity index (χ4v) is 3.50. The van der Waals surface area contributed by atoms with E-state index >= 15 is 0 Å². The SMILES string of the molecule is Cc1ccc(-n2c(=O)n(-c3ccc(C(F)(F)F)cc3)c(=O)n(-c3ccc(C(F)(F)F)cc3)c2=O)cc1. The van der Waals surface area contributed by atoms with Gasteiger partial charge in [0.05, 0.1) is 28.2 Å². The third-order valence-corrected chi connectivity index (χ3v) is 5.35. The largest absolute Gasteiger partial charge is 0.416 e. The van der Waals surface area contributed by atoms with Gasteiger partial charge in [0.25, 0.3) is 0 Å². The van der Waals surface area contributed by atoms with Crippen LogP contribution in [0, 0.1) is 6.92 Å². The monoisotopic (exact) mass is 507 g/mol. The molecule has 186 valence electrons. The summed E-state index contributed by atoms with van der Waals surface area (Å²) in [6.45, 7) is 1.75. The van der Waals surface area contributed by atoms with Crippen molar-refractivity contribution in [3.05, 3.63) is 121 Å². The Bertz CT molecular complexity index is 1500. The van der Waals surface area contributed by atoms with Crippen LogP contribution in [0.4, 0.5) is 26.3 Å². The summed E-state index contributed by atoms with van der Waals surface area (Å²) in [6.07, 6.45) is -9.35. The molecule has 0 aliphatic carbocycles. The lowest BCUT2D eigenvalue weighted by atomic mass is 10.2. The molecule has 12 heteroatoms. The smallest absolute Gasteiger partial charge is 0.246 e. The van der Waals surface area contributed by atoms with Crippen LogP contribution in [0.3, 0.4) is 0 Å². The predicted molar refractivity (Wildman–Crippen MR) is 118 cm³/mol. The Balaban J connectivity index is 2.04. The van der Waals surface area contributed by atoms with Crippen LogP contribution in [0.5, 0.6) is 0 Å². The van der Waals surface area contributed by atoms with Crippen molar-refractivity contribution in [3.8, 4) is 17.1 Å². The number of nitrogens with zero attached hydrogens (tertiary/aromatic N) is 3. The highest BCUT2D eigenvalue weighted by atomic mass is 19.4. The quantitative estimate of drug-likeness (QED) is 0.384. The fourth-order valence-electron chi connectivity index (χ4n) is 3.50. The Kier molecular flexibility index (Phi) is 5.99. The van der Waals surface area contributed by atoms with E-state index in [2.05, 4.69) is 0 Å². The van der Waals surface area contributed by atoms with E-state index in [-0.39, 0.29) is 17.1 Å². The van der Waals surface area contributed by atoms with E-state index < -0.39 is 40.5 Å². The number of hydrogen-bond acceptors (Lipinski definition) is 3. The average molecular weight is 507 g/mol. The first-order valence-electron chi connectivity index (χ1n) is 10.2. The lowest BCUT2D eigenvalue weighted by Crippen LogP contribution is -2.52. The van der Waals surface area contributed by atoms with E-state index in [0.717, 1.165) is 29.8 Å². The van der Waals surface area contributed by atoms with Gasteiger partial charge in [0.15, 0.2) is 0 Å². The van der Waals surface area contributed by atoms with Crippen molar-refractivity contribution in [1.82, 2.24) is 13.7 Å². The third kappa shape index (κ3) is 4.49. The highest BCUT2D eigenvalue weighted by Gasteiger charge is 2.31. The summed E-state index contributed by atoms with van der Waals surface area (Å²) < 4.78 is 79.5. The fraction of sp³-hybridized carbons (Fsp3) is 0.125. The van der Waals surface area contributed by atoms with Crippen molar-refractivity contribution in [2.45, 2.75) is 19.3 Å². The number of alkyl halides is 6. The molecule has 0 saturated carbocycles. The lowest BCUT2D eigenvalue weighted by Gasteiger charge is -2.15. The zero-order chi connectivity index (χ0) is 26.4. The van der Waals surface area contributed by atoms with Crippen LogP contribution < -0.4 is 17.1 Å². The maximum absolute atomic E-state index is 13.3. The Morgan fingerprint density at radius 1 is 0.472 bits per heavy atom. The number of aryl methyl sites for hydroxylation is 1. The molecule has 0 bridgehead atoms. The molecule has 6 nitrogen and oxygen atoms in total. The van der Waals surface area contributed by atoms with E-state index in [1.165, 1.54) is 12.1 Å². The molecule has 1 heterocycles. The molecule has 3 aromatic carbocycles. The van der Waals surface area contributed by atoms with E-state index in [4.69, 9.17) is 0 Å². The van der Waals surface area contributed by atoms with Gasteiger partial charge in [-0.3, -0.25) is 0 Å². The molecular weight excluding hydrogens is 492 g/mol. The van der Waals surface area contributed by atoms with Gasteiger partial charge in [0, 0.05) is 0 Å². The zero-order valence-electron chi connectivity index (χ0n) is 18.3. The van der Waals surface area contributed by atoms with Gasteiger partial charge in [-0.15, -0.1) is 0 Å². The number of aromatic nitrogens is 3. The van der Waals surface area contributed by atoms with Crippen molar-refractivity contribution >= 4 is 0 Å². The molecular formula is C24H15F6N3O3. The standard InChI is InChI=1S/C24H15F6N3O3/c1-14-2-8-17(9-3-14)31-20(34)32(18-10-4-15(5-11-18)23(25,26)27)22(36)33(21(31)35)19-12-6-16(7-13-19)24(28,29)30/h2-13H,1H3. The maximum Gasteiger partial charge on any atom is 0.416 e. The van der Waals surface area contributed by atoms with Gasteiger partial charge in [0.1, 0.15) is 0 Å². The van der Waals surface area contributed by atoms with Crippen molar-refractivity contribution in [2.75, 3.05) is 0 Å². The Morgan fingerprint density at radius 2 is 0.722 bits per heavy atom. The Morgan fingerprint density at radius 3 is 0.972 bits per heavy atom. The molecule has 0 aliphatic heterocycles. The lowest BCUT2D eigenvalue weighted by molar-refractivity contribution is -0.138. The normalized spacial score (nSPS) is 12.1. The van der Waals surface area contributed by atoms with Gasteiger partial charge in [-0.05, 0) is 67.6 Å². The summed E-state index contributed by atoms with van der Waals surface area (Å²) in [7, 11) is 0. The second-order valence-electron chi connectivity index (χ2n) is 7.78. The van der Waals surface area contributed by atoms with Crippen LogP contribution in [0.15, 0.2) is 87.2 Å². The summed E-state index contributed by atoms with van der Waals surface area (Å²) in [5.74, 6) is 0. The number of benzene rings is 3. The van der Waals surface area contributed by atoms with E-state index in [1.54, 1.807) is 19.1 Å². The number of rotatable bonds is 3. The Hall–Kier alpha value is -4.35. The molecule has 0 spiro atoms. The summed E-state index contributed by atoms with van der Waals surface area (Å²) in [4.78, 5) is 39.9. The predicted octanol–water partition coefficient (Wildman–Crippen LogP) is 4.49. The summed E-state index contributed by atoms with van der Waals surface area (Å²) in [6, 6.07) is 12.1. The van der Waals surface area contributed by atoms with Crippen LogP contribution in [-0.2, 0) is 12.4 Å². The first kappa shape index (κ1) is 24.8. The molecule has 0 atom stereocenters. The van der Waals surface area contributed by atoms with Gasteiger partial charge >= 0.3 is 29.4 Å². The third-order valence-electron chi connectivity index (χ3n) is 5.35. The minimum atomic E-state index is -4.68. The molecule has 0 N–H and O–H groups in total. The number of hydrogen-bond donors (Lipinski definition) is 0. The average Bonchev–Trinajstić information content (AvgIpc) is 2.80. The molecule has 36 heavy (non-hydrogen) atoms. The van der Waals surface area contributed by atoms with Gasteiger partial charge in [-0.2, -0.15) is 26.3 Å². The van der Waals surface area contributed by atoms with Gasteiger partial charge < -0.3 is 0 Å². The van der Waals surface area contributed by atoms with E-state index in [9.17, 15) is 40.7 Å². The van der Waals surface area contributed by atoms with Crippen LogP contribution in [-0.4, -0.2) is 13.7 Å². The summed E-state index contributed by atoms with van der Waals surface area (Å²) in [5, 5.41) is 0. The molecule has 0 unspecified atom stereocenters. The number of halogens is 6. The molecule has 0 fully saturated rings. The zero-order valence-corrected chi connectivity index (χ0v) is 18.3. The van der Waals surface area contributed by atoms with Crippen LogP contribution in [0.25, 0.3) is 17.1 Å². The van der Waals surface area contributed by atoms with Crippen LogP contribution in [0.1, 0.15) is 16.7 Å². The minimum absolute atomic E-state index is 0.0388. The first-order valence-corrected chi connectivity index (χ1v) is 10.2. The van der Waals surface area contributed by atoms with Crippen LogP contribution in [0.2, 0.25) is 0 Å². The summed E-state index contributed by atoms with van der Waals surface area (Å²) in [5.41, 5.74) is -5.41. The first-order chi connectivity index (χ1) is 16.8. The highest BCUT2D eigenvalue weighted by molar-refractivity contribution is 5.40. The molecule has 0 radical (unpaired) electrons. The molecule has 0 amide bonds. The van der Waals surface area contributed by atoms with Gasteiger partial charge in [-0.1, -0.05) is 17.7 Å². The van der Waals surface area contributed by atoms with Crippen molar-refractivity contribution in [2.24, 2.45) is 0 Å². The van der Waals surface area contributed by atoms with Gasteiger partial charge in [0.2, 0.25) is 0 Å². The minimum Gasteiger partial charge on any atom is -0.246 e. The highest BCUT2D eigenvalue weighted by Crippen LogP contribution is 2.30.